The second kappa shape index (κ2) is 13.5. The number of carbonyl (C=O) groups is 2. The predicted molar refractivity (Wildman–Crippen MR) is 155 cm³/mol. The minimum absolute atomic E-state index is 0.130. The van der Waals surface area contributed by atoms with E-state index >= 15 is 0 Å². The second-order valence-corrected chi connectivity index (χ2v) is 9.49. The van der Waals surface area contributed by atoms with E-state index < -0.39 is 12.1 Å². The van der Waals surface area contributed by atoms with Crippen molar-refractivity contribution in [2.45, 2.75) is 31.9 Å². The number of aliphatic hydroxyl groups excluding tert-OH is 1. The van der Waals surface area contributed by atoms with Crippen LogP contribution in [0.2, 0.25) is 0 Å². The Bertz CT molecular complexity index is 1370. The molecule has 0 aromatic heterocycles. The summed E-state index contributed by atoms with van der Waals surface area (Å²) in [6.45, 7) is 2.11. The minimum Gasteiger partial charge on any atom is -0.465 e. The molecule has 1 unspecified atom stereocenters. The van der Waals surface area contributed by atoms with Crippen molar-refractivity contribution in [3.8, 4) is 11.1 Å². The number of hydrogen-bond acceptors (Lipinski definition) is 5. The van der Waals surface area contributed by atoms with Crippen LogP contribution in [0.4, 0.5) is 5.69 Å². The quantitative estimate of drug-likeness (QED) is 0.224. The number of hydrogen-bond donors (Lipinski definition) is 3. The number of anilines is 1. The molecule has 0 aliphatic carbocycles. The Labute approximate surface area is 229 Å². The molecule has 0 saturated heterocycles. The molecule has 0 heterocycles. The van der Waals surface area contributed by atoms with Gasteiger partial charge in [-0.15, -0.1) is 0 Å². The predicted octanol–water partition coefficient (Wildman–Crippen LogP) is 5.58. The first-order valence-corrected chi connectivity index (χ1v) is 13.0. The molecular weight excluding hydrogens is 488 g/mol. The summed E-state index contributed by atoms with van der Waals surface area (Å²) in [5, 5.41) is 17.4. The van der Waals surface area contributed by atoms with E-state index in [1.54, 1.807) is 12.1 Å². The number of rotatable bonds is 11. The molecule has 6 nitrogen and oxygen atoms in total. The SMILES string of the molecule is COC(=O)c1ccc(-c2ccc(CCNC(Cc3ccccc3)[C@H](O)c3ccccc3)cc2)cc1NC(C)=O. The molecule has 4 aromatic carbocycles. The molecule has 0 saturated carbocycles. The molecule has 0 spiro atoms. The molecule has 39 heavy (non-hydrogen) atoms. The van der Waals surface area contributed by atoms with Crippen LogP contribution in [0.5, 0.6) is 0 Å². The summed E-state index contributed by atoms with van der Waals surface area (Å²) in [4.78, 5) is 23.7. The van der Waals surface area contributed by atoms with Gasteiger partial charge in [0, 0.05) is 13.0 Å². The van der Waals surface area contributed by atoms with Gasteiger partial charge in [-0.2, -0.15) is 0 Å². The zero-order valence-electron chi connectivity index (χ0n) is 22.3. The molecule has 0 aliphatic rings. The number of carbonyl (C=O) groups excluding carboxylic acids is 2. The third-order valence-corrected chi connectivity index (χ3v) is 6.66. The van der Waals surface area contributed by atoms with E-state index in [1.807, 2.05) is 66.7 Å². The number of methoxy groups -OCH3 is 1. The summed E-state index contributed by atoms with van der Waals surface area (Å²) in [6, 6.07) is 33.3. The first-order chi connectivity index (χ1) is 18.9. The molecule has 2 atom stereocenters. The van der Waals surface area contributed by atoms with Crippen molar-refractivity contribution < 1.29 is 19.4 Å². The lowest BCUT2D eigenvalue weighted by molar-refractivity contribution is -0.114. The van der Waals surface area contributed by atoms with Gasteiger partial charge in [0.1, 0.15) is 0 Å². The van der Waals surface area contributed by atoms with E-state index in [0.717, 1.165) is 28.7 Å². The number of esters is 1. The minimum atomic E-state index is -0.625. The number of amides is 1. The van der Waals surface area contributed by atoms with E-state index in [2.05, 4.69) is 34.9 Å². The van der Waals surface area contributed by atoms with Crippen molar-refractivity contribution >= 4 is 17.6 Å². The van der Waals surface area contributed by atoms with Crippen molar-refractivity contribution in [2.24, 2.45) is 0 Å². The van der Waals surface area contributed by atoms with Crippen molar-refractivity contribution in [2.75, 3.05) is 19.0 Å². The maximum Gasteiger partial charge on any atom is 0.339 e. The van der Waals surface area contributed by atoms with Crippen LogP contribution < -0.4 is 10.6 Å². The Morgan fingerprint density at radius 1 is 0.821 bits per heavy atom. The van der Waals surface area contributed by atoms with Crippen molar-refractivity contribution in [1.29, 1.82) is 0 Å². The van der Waals surface area contributed by atoms with Crippen LogP contribution in [0.1, 0.15) is 40.1 Å². The molecule has 1 amide bonds. The molecule has 0 bridgehead atoms. The average molecular weight is 523 g/mol. The molecule has 4 aromatic rings. The van der Waals surface area contributed by atoms with Crippen LogP contribution in [0, 0.1) is 0 Å². The highest BCUT2D eigenvalue weighted by Crippen LogP contribution is 2.27. The van der Waals surface area contributed by atoms with Gasteiger partial charge in [0.2, 0.25) is 5.91 Å². The molecule has 6 heteroatoms. The molecule has 0 aliphatic heterocycles. The third-order valence-electron chi connectivity index (χ3n) is 6.66. The fraction of sp³-hybridized carbons (Fsp3) is 0.212. The van der Waals surface area contributed by atoms with Crippen LogP contribution in [-0.2, 0) is 22.4 Å². The van der Waals surface area contributed by atoms with Gasteiger partial charge in [-0.3, -0.25) is 4.79 Å². The van der Waals surface area contributed by atoms with Gasteiger partial charge in [0.25, 0.3) is 0 Å². The first-order valence-electron chi connectivity index (χ1n) is 13.0. The van der Waals surface area contributed by atoms with Crippen LogP contribution in [0.25, 0.3) is 11.1 Å². The summed E-state index contributed by atoms with van der Waals surface area (Å²) in [5.74, 6) is -0.765. The Hall–Kier alpha value is -4.26. The van der Waals surface area contributed by atoms with Gasteiger partial charge < -0.3 is 20.5 Å². The third kappa shape index (κ3) is 7.63. The zero-order chi connectivity index (χ0) is 27.6. The van der Waals surface area contributed by atoms with Gasteiger partial charge in [0.05, 0.1) is 24.5 Å². The Balaban J connectivity index is 1.43. The number of ether oxygens (including phenoxy) is 1. The topological polar surface area (TPSA) is 87.7 Å². The summed E-state index contributed by atoms with van der Waals surface area (Å²) in [7, 11) is 1.31. The highest BCUT2D eigenvalue weighted by atomic mass is 16.5. The van der Waals surface area contributed by atoms with Gasteiger partial charge in [0.15, 0.2) is 0 Å². The van der Waals surface area contributed by atoms with E-state index in [0.29, 0.717) is 24.2 Å². The maximum atomic E-state index is 12.1. The lowest BCUT2D eigenvalue weighted by atomic mass is 9.95. The standard InChI is InChI=1S/C33H34N2O4/c1-23(36)35-30-22-28(17-18-29(30)33(38)39-2)26-15-13-24(14-16-26)19-20-34-31(21-25-9-5-3-6-10-25)32(37)27-11-7-4-8-12-27/h3-18,22,31-32,34,37H,19-21H2,1-2H3,(H,35,36)/t31?,32-/m1/s1. The van der Waals surface area contributed by atoms with Crippen LogP contribution in [-0.4, -0.2) is 36.7 Å². The monoisotopic (exact) mass is 522 g/mol. The lowest BCUT2D eigenvalue weighted by Crippen LogP contribution is -2.38. The number of nitrogens with one attached hydrogen (secondary N) is 2. The van der Waals surface area contributed by atoms with Gasteiger partial charge in [-0.05, 0) is 59.3 Å². The molecule has 200 valence electrons. The number of aliphatic hydroxyl groups is 1. The Morgan fingerprint density at radius 2 is 1.46 bits per heavy atom. The molecule has 0 fully saturated rings. The fourth-order valence-corrected chi connectivity index (χ4v) is 4.62. The van der Waals surface area contributed by atoms with Crippen molar-refractivity contribution in [3.05, 3.63) is 125 Å². The molecule has 4 rings (SSSR count). The van der Waals surface area contributed by atoms with Crippen LogP contribution in [0.15, 0.2) is 103 Å². The maximum absolute atomic E-state index is 12.1. The van der Waals surface area contributed by atoms with Crippen LogP contribution >= 0.6 is 0 Å². The Morgan fingerprint density at radius 3 is 2.10 bits per heavy atom. The smallest absolute Gasteiger partial charge is 0.339 e. The highest BCUT2D eigenvalue weighted by Gasteiger charge is 2.21. The summed E-state index contributed by atoms with van der Waals surface area (Å²) >= 11 is 0. The first kappa shape index (κ1) is 27.8. The van der Waals surface area contributed by atoms with Gasteiger partial charge in [-0.1, -0.05) is 91.0 Å². The molecule has 3 N–H and O–H groups in total. The second-order valence-electron chi connectivity index (χ2n) is 9.49. The summed E-state index contributed by atoms with van der Waals surface area (Å²) in [6.07, 6.45) is 0.888. The van der Waals surface area contributed by atoms with E-state index in [4.69, 9.17) is 4.74 Å². The number of benzene rings is 4. The highest BCUT2D eigenvalue weighted by molar-refractivity contribution is 6.01. The molecular formula is C33H34N2O4. The molecule has 0 radical (unpaired) electrons. The normalized spacial score (nSPS) is 12.4. The Kier molecular flexibility index (Phi) is 9.62. The summed E-state index contributed by atoms with van der Waals surface area (Å²) < 4.78 is 4.84. The van der Waals surface area contributed by atoms with Gasteiger partial charge in [-0.25, -0.2) is 4.79 Å². The fourth-order valence-electron chi connectivity index (χ4n) is 4.62. The van der Waals surface area contributed by atoms with E-state index in [9.17, 15) is 14.7 Å². The largest absolute Gasteiger partial charge is 0.465 e. The lowest BCUT2D eigenvalue weighted by Gasteiger charge is -2.25. The summed E-state index contributed by atoms with van der Waals surface area (Å²) in [5.41, 5.74) is 5.80. The van der Waals surface area contributed by atoms with E-state index in [1.165, 1.54) is 19.6 Å². The van der Waals surface area contributed by atoms with Gasteiger partial charge >= 0.3 is 5.97 Å². The van der Waals surface area contributed by atoms with E-state index in [-0.39, 0.29) is 11.9 Å². The van der Waals surface area contributed by atoms with Crippen LogP contribution in [0.3, 0.4) is 0 Å². The zero-order valence-corrected chi connectivity index (χ0v) is 22.3. The van der Waals surface area contributed by atoms with Crippen molar-refractivity contribution in [1.82, 2.24) is 5.32 Å². The van der Waals surface area contributed by atoms with Crippen molar-refractivity contribution in [3.63, 3.8) is 0 Å². The average Bonchev–Trinajstić information content (AvgIpc) is 2.97.